The number of nitrogens with zero attached hydrogens (tertiary/aromatic N) is 2. The van der Waals surface area contributed by atoms with E-state index in [0.717, 1.165) is 36.5 Å². The summed E-state index contributed by atoms with van der Waals surface area (Å²) < 4.78 is 2.05. The van der Waals surface area contributed by atoms with Gasteiger partial charge in [0.1, 0.15) is 0 Å². The maximum atomic E-state index is 12.7. The van der Waals surface area contributed by atoms with Crippen molar-refractivity contribution in [1.82, 2.24) is 19.9 Å². The van der Waals surface area contributed by atoms with Crippen LogP contribution in [0.2, 0.25) is 0 Å². The molecule has 1 aliphatic carbocycles. The van der Waals surface area contributed by atoms with E-state index in [1.165, 1.54) is 0 Å². The zero-order valence-electron chi connectivity index (χ0n) is 14.5. The Morgan fingerprint density at radius 1 is 1.42 bits per heavy atom. The Labute approximate surface area is 141 Å². The van der Waals surface area contributed by atoms with Crippen molar-refractivity contribution in [3.8, 4) is 0 Å². The zero-order chi connectivity index (χ0) is 17.3. The fraction of sp³-hybridized carbons (Fsp3) is 0.500. The standard InChI is InChI=1S/C18H24N4O2/c1-11(2)9-22-10-19-7-13(22)8-20-18(24)16-12(3)21-14-5-4-6-15(23)17(14)16/h7,10-11,21H,4-6,8-9H2,1-3H3,(H,20,24). The molecule has 2 aromatic rings. The van der Waals surface area contributed by atoms with Crippen LogP contribution in [0.5, 0.6) is 0 Å². The van der Waals surface area contributed by atoms with Gasteiger partial charge in [0.25, 0.3) is 5.91 Å². The minimum atomic E-state index is -0.197. The Hall–Kier alpha value is -2.37. The summed E-state index contributed by atoms with van der Waals surface area (Å²) in [6, 6.07) is 0. The molecule has 0 fully saturated rings. The number of aromatic amines is 1. The number of hydrogen-bond acceptors (Lipinski definition) is 3. The quantitative estimate of drug-likeness (QED) is 0.885. The van der Waals surface area contributed by atoms with Gasteiger partial charge in [0.2, 0.25) is 0 Å². The molecule has 2 heterocycles. The molecule has 6 nitrogen and oxygen atoms in total. The number of amides is 1. The maximum absolute atomic E-state index is 12.7. The summed E-state index contributed by atoms with van der Waals surface area (Å²) in [5.41, 5.74) is 3.73. The van der Waals surface area contributed by atoms with Crippen molar-refractivity contribution < 1.29 is 9.59 Å². The van der Waals surface area contributed by atoms with Crippen LogP contribution < -0.4 is 5.32 Å². The van der Waals surface area contributed by atoms with E-state index in [0.29, 0.717) is 30.0 Å². The predicted octanol–water partition coefficient (Wildman–Crippen LogP) is 2.62. The number of ketones is 1. The summed E-state index contributed by atoms with van der Waals surface area (Å²) in [5, 5.41) is 2.94. The molecule has 1 aliphatic rings. The van der Waals surface area contributed by atoms with Crippen molar-refractivity contribution in [3.05, 3.63) is 40.7 Å². The molecule has 0 radical (unpaired) electrons. The average Bonchev–Trinajstić information content (AvgIpc) is 3.08. The lowest BCUT2D eigenvalue weighted by molar-refractivity contribution is 0.0925. The van der Waals surface area contributed by atoms with Gasteiger partial charge in [-0.25, -0.2) is 4.98 Å². The number of aryl methyl sites for hydroxylation is 2. The fourth-order valence-electron chi connectivity index (χ4n) is 3.33. The monoisotopic (exact) mass is 328 g/mol. The number of nitrogens with one attached hydrogen (secondary N) is 2. The second-order valence-corrected chi connectivity index (χ2v) is 6.87. The number of hydrogen-bond donors (Lipinski definition) is 2. The molecule has 128 valence electrons. The number of fused-ring (bicyclic) bond motifs is 1. The Morgan fingerprint density at radius 3 is 2.96 bits per heavy atom. The average molecular weight is 328 g/mol. The first-order valence-electron chi connectivity index (χ1n) is 8.49. The van der Waals surface area contributed by atoms with Crippen LogP contribution in [0.1, 0.15) is 64.5 Å². The molecular formula is C18H24N4O2. The second kappa shape index (κ2) is 6.63. The van der Waals surface area contributed by atoms with E-state index in [2.05, 4.69) is 33.7 Å². The minimum absolute atomic E-state index is 0.0654. The zero-order valence-corrected chi connectivity index (χ0v) is 14.5. The number of carbonyl (C=O) groups excluding carboxylic acids is 2. The van der Waals surface area contributed by atoms with E-state index in [1.807, 2.05) is 6.92 Å². The summed E-state index contributed by atoms with van der Waals surface area (Å²) in [6.45, 7) is 7.40. The normalized spacial score (nSPS) is 14.1. The van der Waals surface area contributed by atoms with E-state index in [4.69, 9.17) is 0 Å². The molecule has 3 rings (SSSR count). The van der Waals surface area contributed by atoms with Gasteiger partial charge in [-0.1, -0.05) is 13.8 Å². The first-order chi connectivity index (χ1) is 11.5. The van der Waals surface area contributed by atoms with Crippen molar-refractivity contribution in [2.75, 3.05) is 0 Å². The summed E-state index contributed by atoms with van der Waals surface area (Å²) in [4.78, 5) is 32.3. The largest absolute Gasteiger partial charge is 0.361 e. The highest BCUT2D eigenvalue weighted by Crippen LogP contribution is 2.26. The van der Waals surface area contributed by atoms with E-state index < -0.39 is 0 Å². The lowest BCUT2D eigenvalue weighted by atomic mass is 9.93. The molecule has 0 unspecified atom stereocenters. The smallest absolute Gasteiger partial charge is 0.254 e. The fourth-order valence-corrected chi connectivity index (χ4v) is 3.33. The molecular weight excluding hydrogens is 304 g/mol. The molecule has 0 spiro atoms. The molecule has 0 aliphatic heterocycles. The Bertz CT molecular complexity index is 770. The van der Waals surface area contributed by atoms with Crippen LogP contribution in [0.25, 0.3) is 0 Å². The number of imidazole rings is 1. The first kappa shape index (κ1) is 16.5. The van der Waals surface area contributed by atoms with Gasteiger partial charge in [0.05, 0.1) is 29.7 Å². The third kappa shape index (κ3) is 3.13. The second-order valence-electron chi connectivity index (χ2n) is 6.87. The molecule has 0 saturated carbocycles. The van der Waals surface area contributed by atoms with E-state index in [-0.39, 0.29) is 11.7 Å². The van der Waals surface area contributed by atoms with Crippen molar-refractivity contribution in [2.24, 2.45) is 5.92 Å². The Balaban J connectivity index is 1.76. The molecule has 0 atom stereocenters. The highest BCUT2D eigenvalue weighted by molar-refractivity contribution is 6.10. The number of carbonyl (C=O) groups is 2. The van der Waals surface area contributed by atoms with Crippen LogP contribution in [0, 0.1) is 12.8 Å². The van der Waals surface area contributed by atoms with Crippen molar-refractivity contribution in [1.29, 1.82) is 0 Å². The SMILES string of the molecule is Cc1[nH]c2c(c1C(=O)NCc1cncn1CC(C)C)C(=O)CCC2. The molecule has 0 saturated heterocycles. The highest BCUT2D eigenvalue weighted by atomic mass is 16.2. The van der Waals surface area contributed by atoms with Crippen molar-refractivity contribution >= 4 is 11.7 Å². The molecule has 1 amide bonds. The molecule has 24 heavy (non-hydrogen) atoms. The molecule has 0 bridgehead atoms. The van der Waals surface area contributed by atoms with Gasteiger partial charge in [-0.2, -0.15) is 0 Å². The lowest BCUT2D eigenvalue weighted by Gasteiger charge is -2.13. The Kier molecular flexibility index (Phi) is 4.55. The summed E-state index contributed by atoms with van der Waals surface area (Å²) in [6.07, 6.45) is 5.75. The van der Waals surface area contributed by atoms with Crippen LogP contribution in [0.3, 0.4) is 0 Å². The van der Waals surface area contributed by atoms with E-state index in [9.17, 15) is 9.59 Å². The topological polar surface area (TPSA) is 79.8 Å². The summed E-state index contributed by atoms with van der Waals surface area (Å²) in [7, 11) is 0. The highest BCUT2D eigenvalue weighted by Gasteiger charge is 2.28. The predicted molar refractivity (Wildman–Crippen MR) is 91.0 cm³/mol. The molecule has 2 N–H and O–H groups in total. The number of aromatic nitrogens is 3. The first-order valence-corrected chi connectivity index (χ1v) is 8.49. The third-order valence-electron chi connectivity index (χ3n) is 4.39. The third-order valence-corrected chi connectivity index (χ3v) is 4.39. The molecule has 0 aromatic carbocycles. The molecule has 6 heteroatoms. The van der Waals surface area contributed by atoms with Crippen molar-refractivity contribution in [2.45, 2.75) is 53.1 Å². The van der Waals surface area contributed by atoms with Crippen LogP contribution in [0.4, 0.5) is 0 Å². The molecule has 2 aromatic heterocycles. The van der Waals surface area contributed by atoms with Gasteiger partial charge in [0, 0.05) is 30.6 Å². The van der Waals surface area contributed by atoms with Gasteiger partial charge in [-0.15, -0.1) is 0 Å². The maximum Gasteiger partial charge on any atom is 0.254 e. The van der Waals surface area contributed by atoms with Gasteiger partial charge < -0.3 is 14.9 Å². The van der Waals surface area contributed by atoms with E-state index >= 15 is 0 Å². The van der Waals surface area contributed by atoms with E-state index in [1.54, 1.807) is 12.5 Å². The van der Waals surface area contributed by atoms with Crippen LogP contribution in [0.15, 0.2) is 12.5 Å². The van der Waals surface area contributed by atoms with Gasteiger partial charge >= 0.3 is 0 Å². The Morgan fingerprint density at radius 2 is 2.21 bits per heavy atom. The van der Waals surface area contributed by atoms with Crippen LogP contribution >= 0.6 is 0 Å². The van der Waals surface area contributed by atoms with Crippen LogP contribution in [-0.4, -0.2) is 26.2 Å². The lowest BCUT2D eigenvalue weighted by Crippen LogP contribution is -2.27. The van der Waals surface area contributed by atoms with Gasteiger partial charge in [0.15, 0.2) is 5.78 Å². The number of H-pyrrole nitrogens is 1. The summed E-state index contributed by atoms with van der Waals surface area (Å²) >= 11 is 0. The van der Waals surface area contributed by atoms with Crippen molar-refractivity contribution in [3.63, 3.8) is 0 Å². The minimum Gasteiger partial charge on any atom is -0.361 e. The number of Topliss-reactive ketones (excluding diaryl/α,β-unsaturated/α-hetero) is 1. The van der Waals surface area contributed by atoms with Gasteiger partial charge in [-0.3, -0.25) is 9.59 Å². The summed E-state index contributed by atoms with van der Waals surface area (Å²) in [5.74, 6) is 0.373. The number of rotatable bonds is 5. The van der Waals surface area contributed by atoms with Crippen LogP contribution in [-0.2, 0) is 19.5 Å². The van der Waals surface area contributed by atoms with Gasteiger partial charge in [-0.05, 0) is 25.7 Å².